The van der Waals surface area contributed by atoms with E-state index < -0.39 is 29.1 Å². The number of benzene rings is 1. The molecule has 1 aromatic carbocycles. The Bertz CT molecular complexity index is 1130. The number of carbonyl (C=O) groups excluding carboxylic acids is 3. The molecule has 9 nitrogen and oxygen atoms in total. The third kappa shape index (κ3) is 7.35. The van der Waals surface area contributed by atoms with Crippen LogP contribution >= 0.6 is 11.8 Å². The van der Waals surface area contributed by atoms with Gasteiger partial charge in [0.15, 0.2) is 0 Å². The number of halogens is 3. The summed E-state index contributed by atoms with van der Waals surface area (Å²) >= 11 is -0.287. The Morgan fingerprint density at radius 2 is 1.86 bits per heavy atom. The largest absolute Gasteiger partial charge is 0.448 e. The monoisotopic (exact) mass is 539 g/mol. The molecule has 0 aliphatic carbocycles. The zero-order valence-corrected chi connectivity index (χ0v) is 21.4. The maximum Gasteiger partial charge on any atom is 0.446 e. The summed E-state index contributed by atoms with van der Waals surface area (Å²) in [5.41, 5.74) is -4.82. The molecule has 3 rings (SSSR count). The van der Waals surface area contributed by atoms with E-state index in [0.717, 1.165) is 18.0 Å². The first-order valence-corrected chi connectivity index (χ1v) is 12.4. The summed E-state index contributed by atoms with van der Waals surface area (Å²) in [4.78, 5) is 45.2. The van der Waals surface area contributed by atoms with Gasteiger partial charge in [-0.3, -0.25) is 15.1 Å². The molecule has 1 aliphatic heterocycles. The fourth-order valence-electron chi connectivity index (χ4n) is 3.86. The van der Waals surface area contributed by atoms with Crippen molar-refractivity contribution < 1.29 is 32.3 Å². The van der Waals surface area contributed by atoms with E-state index in [4.69, 9.17) is 4.74 Å². The third-order valence-electron chi connectivity index (χ3n) is 5.82. The summed E-state index contributed by atoms with van der Waals surface area (Å²) in [7, 11) is 0. The lowest BCUT2D eigenvalue weighted by molar-refractivity contribution is -0.121. The number of amides is 4. The molecule has 4 amide bonds. The van der Waals surface area contributed by atoms with Gasteiger partial charge in [0, 0.05) is 24.1 Å². The van der Waals surface area contributed by atoms with E-state index in [0.29, 0.717) is 17.8 Å². The second-order valence-corrected chi connectivity index (χ2v) is 9.58. The van der Waals surface area contributed by atoms with Crippen molar-refractivity contribution in [2.45, 2.75) is 43.1 Å². The van der Waals surface area contributed by atoms with Gasteiger partial charge in [-0.2, -0.15) is 13.2 Å². The number of pyridine rings is 1. The Kier molecular flexibility index (Phi) is 9.02. The number of nitrogens with one attached hydrogen (secondary N) is 2. The summed E-state index contributed by atoms with van der Waals surface area (Å²) in [6.45, 7) is 8.01. The second-order valence-electron chi connectivity index (χ2n) is 8.44. The minimum absolute atomic E-state index is 0.0215. The number of urea groups is 1. The van der Waals surface area contributed by atoms with Crippen molar-refractivity contribution in [2.75, 3.05) is 36.5 Å². The highest BCUT2D eigenvalue weighted by atomic mass is 32.2. The van der Waals surface area contributed by atoms with Crippen LogP contribution in [0.3, 0.4) is 0 Å². The number of ether oxygens (including phenoxy) is 1. The summed E-state index contributed by atoms with van der Waals surface area (Å²) < 4.78 is 43.1. The lowest BCUT2D eigenvalue weighted by Crippen LogP contribution is -2.46. The molecule has 0 bridgehead atoms. The molecule has 1 atom stereocenters. The summed E-state index contributed by atoms with van der Waals surface area (Å²) in [5.74, 6) is -0.585. The van der Waals surface area contributed by atoms with Gasteiger partial charge in [-0.1, -0.05) is 13.8 Å². The summed E-state index contributed by atoms with van der Waals surface area (Å²) in [5, 5.41) is 5.28. The lowest BCUT2D eigenvalue weighted by atomic mass is 9.92. The number of imide groups is 1. The molecule has 0 saturated carbocycles. The molecule has 2 heterocycles. The van der Waals surface area contributed by atoms with Gasteiger partial charge in [0.05, 0.1) is 17.6 Å². The molecule has 2 aromatic rings. The minimum atomic E-state index is -4.45. The van der Waals surface area contributed by atoms with Crippen LogP contribution in [0.1, 0.15) is 26.3 Å². The Labute approximate surface area is 216 Å². The maximum atomic E-state index is 13.3. The van der Waals surface area contributed by atoms with Gasteiger partial charge < -0.3 is 15.0 Å². The van der Waals surface area contributed by atoms with Crippen LogP contribution in [-0.4, -0.2) is 65.2 Å². The first kappa shape index (κ1) is 28.3. The number of carbonyl (C=O) groups is 3. The van der Waals surface area contributed by atoms with Gasteiger partial charge in [-0.05, 0) is 67.7 Å². The number of nitrogens with zero attached hydrogens (tertiary/aromatic N) is 3. The van der Waals surface area contributed by atoms with Crippen LogP contribution in [0.5, 0.6) is 0 Å². The van der Waals surface area contributed by atoms with Crippen molar-refractivity contribution in [3.8, 4) is 0 Å². The molecule has 1 aliphatic rings. The zero-order chi connectivity index (χ0) is 27.2. The molecular formula is C24H28F3N5O4S. The second kappa shape index (κ2) is 11.8. The number of alkyl halides is 3. The molecule has 1 fully saturated rings. The van der Waals surface area contributed by atoms with E-state index in [1.54, 1.807) is 6.07 Å². The first-order chi connectivity index (χ1) is 17.5. The predicted octanol–water partition coefficient (Wildman–Crippen LogP) is 4.64. The van der Waals surface area contributed by atoms with Crippen LogP contribution in [0.15, 0.2) is 47.6 Å². The van der Waals surface area contributed by atoms with Crippen LogP contribution in [0, 0.1) is 0 Å². The summed E-state index contributed by atoms with van der Waals surface area (Å²) in [6, 6.07) is 5.86. The van der Waals surface area contributed by atoms with Crippen molar-refractivity contribution in [3.63, 3.8) is 0 Å². The van der Waals surface area contributed by atoms with Gasteiger partial charge in [-0.15, -0.1) is 0 Å². The fourth-order valence-corrected chi connectivity index (χ4v) is 4.40. The molecule has 1 unspecified atom stereocenters. The highest BCUT2D eigenvalue weighted by Gasteiger charge is 2.48. The molecule has 1 aromatic heterocycles. The average Bonchev–Trinajstić information content (AvgIpc) is 3.05. The normalized spacial score (nSPS) is 17.8. The smallest absolute Gasteiger partial charge is 0.446 e. The van der Waals surface area contributed by atoms with Crippen molar-refractivity contribution in [1.29, 1.82) is 0 Å². The van der Waals surface area contributed by atoms with Gasteiger partial charge in [-0.25, -0.2) is 14.5 Å². The molecule has 37 heavy (non-hydrogen) atoms. The maximum absolute atomic E-state index is 13.3. The highest BCUT2D eigenvalue weighted by Crippen LogP contribution is 2.38. The average molecular weight is 540 g/mol. The Morgan fingerprint density at radius 1 is 1.19 bits per heavy atom. The SMILES string of the molecule is CCN(CC)CCOC(=O)Nc1cnccc1CC1(C)NC(=O)N(c2ccc(SC(F)(F)F)cc2)C1=O. The predicted molar refractivity (Wildman–Crippen MR) is 133 cm³/mol. The third-order valence-corrected chi connectivity index (χ3v) is 6.56. The molecule has 0 radical (unpaired) electrons. The van der Waals surface area contributed by atoms with Crippen molar-refractivity contribution >= 4 is 41.2 Å². The molecule has 13 heteroatoms. The zero-order valence-electron chi connectivity index (χ0n) is 20.6. The van der Waals surface area contributed by atoms with E-state index in [2.05, 4.69) is 20.5 Å². The van der Waals surface area contributed by atoms with Crippen LogP contribution < -0.4 is 15.5 Å². The Balaban J connectivity index is 1.69. The Hall–Kier alpha value is -3.32. The van der Waals surface area contributed by atoms with Crippen molar-refractivity contribution in [1.82, 2.24) is 15.2 Å². The lowest BCUT2D eigenvalue weighted by Gasteiger charge is -2.23. The van der Waals surface area contributed by atoms with Crippen LogP contribution in [-0.2, 0) is 16.0 Å². The molecular weight excluding hydrogens is 511 g/mol. The van der Waals surface area contributed by atoms with Gasteiger partial charge >= 0.3 is 17.6 Å². The van der Waals surface area contributed by atoms with E-state index in [9.17, 15) is 27.6 Å². The van der Waals surface area contributed by atoms with Crippen LogP contribution in [0.2, 0.25) is 0 Å². The van der Waals surface area contributed by atoms with Gasteiger partial charge in [0.25, 0.3) is 5.91 Å². The number of hydrogen-bond acceptors (Lipinski definition) is 7. The highest BCUT2D eigenvalue weighted by molar-refractivity contribution is 8.00. The number of anilines is 2. The molecule has 1 saturated heterocycles. The van der Waals surface area contributed by atoms with Crippen LogP contribution in [0.4, 0.5) is 34.1 Å². The fraction of sp³-hybridized carbons (Fsp3) is 0.417. The van der Waals surface area contributed by atoms with Gasteiger partial charge in [0.2, 0.25) is 0 Å². The van der Waals surface area contributed by atoms with Crippen molar-refractivity contribution in [2.24, 2.45) is 0 Å². The van der Waals surface area contributed by atoms with Gasteiger partial charge in [0.1, 0.15) is 12.1 Å². The van der Waals surface area contributed by atoms with E-state index in [1.807, 2.05) is 13.8 Å². The minimum Gasteiger partial charge on any atom is -0.448 e. The standard InChI is InChI=1S/C24H28F3N5O4S/c1-4-31(5-2)12-13-36-22(35)29-19-15-28-11-10-16(19)14-23(3)20(33)32(21(34)30-23)17-6-8-18(9-7-17)37-24(25,26)27/h6-11,15H,4-5,12-14H2,1-3H3,(H,29,35)(H,30,34). The van der Waals surface area contributed by atoms with Crippen LogP contribution in [0.25, 0.3) is 0 Å². The topological polar surface area (TPSA) is 104 Å². The number of hydrogen-bond donors (Lipinski definition) is 2. The number of thioether (sulfide) groups is 1. The summed E-state index contributed by atoms with van der Waals surface area (Å²) in [6.07, 6.45) is 2.26. The van der Waals surface area contributed by atoms with E-state index >= 15 is 0 Å². The number of likely N-dealkylation sites (N-methyl/N-ethyl adjacent to an activating group) is 1. The molecule has 200 valence electrons. The number of aromatic nitrogens is 1. The first-order valence-electron chi connectivity index (χ1n) is 11.6. The van der Waals surface area contributed by atoms with E-state index in [-0.39, 0.29) is 35.4 Å². The molecule has 2 N–H and O–H groups in total. The number of rotatable bonds is 10. The molecule has 0 spiro atoms. The van der Waals surface area contributed by atoms with Crippen molar-refractivity contribution in [3.05, 3.63) is 48.3 Å². The quantitative estimate of drug-likeness (QED) is 0.335. The Morgan fingerprint density at radius 3 is 2.49 bits per heavy atom. The van der Waals surface area contributed by atoms with E-state index in [1.165, 1.54) is 43.6 Å².